The molecule has 0 unspecified atom stereocenters. The molecule has 2 atom stereocenters. The van der Waals surface area contributed by atoms with Gasteiger partial charge in [-0.25, -0.2) is 4.79 Å². The number of morpholine rings is 1. The summed E-state index contributed by atoms with van der Waals surface area (Å²) in [5.74, 6) is 0. The van der Waals surface area contributed by atoms with Gasteiger partial charge in [0.1, 0.15) is 6.10 Å². The van der Waals surface area contributed by atoms with E-state index >= 15 is 0 Å². The first-order valence-corrected chi connectivity index (χ1v) is 9.72. The van der Waals surface area contributed by atoms with E-state index in [1.165, 1.54) is 0 Å². The highest BCUT2D eigenvalue weighted by Gasteiger charge is 2.47. The number of hydrogen-bond acceptors (Lipinski definition) is 6. The highest BCUT2D eigenvalue weighted by Crippen LogP contribution is 2.28. The van der Waals surface area contributed by atoms with Crippen LogP contribution in [-0.2, 0) is 16.0 Å². The average molecular weight is 370 g/mol. The van der Waals surface area contributed by atoms with Crippen molar-refractivity contribution in [3.63, 3.8) is 0 Å². The molecule has 7 nitrogen and oxygen atoms in total. The minimum Gasteiger partial charge on any atom is -0.442 e. The molecule has 0 saturated carbocycles. The Morgan fingerprint density at radius 2 is 2.00 bits per heavy atom. The van der Waals surface area contributed by atoms with E-state index in [4.69, 9.17) is 14.7 Å². The number of fused-ring (bicyclic) bond motifs is 1. The predicted octanol–water partition coefficient (Wildman–Crippen LogP) is 1.29. The van der Waals surface area contributed by atoms with E-state index in [-0.39, 0.29) is 18.2 Å². The van der Waals surface area contributed by atoms with Gasteiger partial charge < -0.3 is 14.4 Å². The van der Waals surface area contributed by atoms with E-state index < -0.39 is 0 Å². The van der Waals surface area contributed by atoms with Crippen LogP contribution in [0.2, 0.25) is 0 Å². The lowest BCUT2D eigenvalue weighted by atomic mass is 10.1. The van der Waals surface area contributed by atoms with Crippen molar-refractivity contribution in [1.29, 1.82) is 5.26 Å². The normalized spacial score (nSPS) is 26.0. The summed E-state index contributed by atoms with van der Waals surface area (Å²) in [6, 6.07) is 10.0. The molecule has 3 aliphatic heterocycles. The molecular formula is C20H26N4O3. The lowest BCUT2D eigenvalue weighted by Crippen LogP contribution is -2.41. The molecule has 1 amide bonds. The van der Waals surface area contributed by atoms with Gasteiger partial charge in [-0.1, -0.05) is 12.1 Å². The molecule has 1 aromatic rings. The van der Waals surface area contributed by atoms with Crippen LogP contribution < -0.4 is 0 Å². The van der Waals surface area contributed by atoms with Gasteiger partial charge in [-0.05, 0) is 24.1 Å². The number of ether oxygens (including phenoxy) is 2. The monoisotopic (exact) mass is 370 g/mol. The highest BCUT2D eigenvalue weighted by atomic mass is 16.6. The number of hydrogen-bond donors (Lipinski definition) is 0. The van der Waals surface area contributed by atoms with E-state index in [1.54, 1.807) is 0 Å². The first kappa shape index (κ1) is 18.2. The van der Waals surface area contributed by atoms with Crippen LogP contribution in [-0.4, -0.2) is 85.4 Å². The van der Waals surface area contributed by atoms with Crippen LogP contribution in [0.5, 0.6) is 0 Å². The van der Waals surface area contributed by atoms with Crippen molar-refractivity contribution in [2.24, 2.45) is 0 Å². The summed E-state index contributed by atoms with van der Waals surface area (Å²) < 4.78 is 11.0. The van der Waals surface area contributed by atoms with Gasteiger partial charge in [0.2, 0.25) is 0 Å². The third-order valence-electron chi connectivity index (χ3n) is 5.64. The van der Waals surface area contributed by atoms with Crippen molar-refractivity contribution in [1.82, 2.24) is 14.7 Å². The molecule has 0 bridgehead atoms. The fourth-order valence-corrected chi connectivity index (χ4v) is 4.25. The molecule has 7 heteroatoms. The van der Waals surface area contributed by atoms with Gasteiger partial charge in [-0.15, -0.1) is 0 Å². The molecule has 3 aliphatic rings. The molecule has 27 heavy (non-hydrogen) atoms. The molecule has 0 spiro atoms. The van der Waals surface area contributed by atoms with Crippen LogP contribution in [0.15, 0.2) is 24.3 Å². The lowest BCUT2D eigenvalue weighted by Gasteiger charge is -2.28. The molecule has 0 aliphatic carbocycles. The Morgan fingerprint density at radius 1 is 1.15 bits per heavy atom. The quantitative estimate of drug-likeness (QED) is 0.752. The summed E-state index contributed by atoms with van der Waals surface area (Å²) in [6.07, 6.45) is 0.751. The van der Waals surface area contributed by atoms with Crippen LogP contribution in [0, 0.1) is 11.3 Å². The third-order valence-corrected chi connectivity index (χ3v) is 5.64. The zero-order valence-electron chi connectivity index (χ0n) is 15.5. The maximum atomic E-state index is 12.2. The Hall–Kier alpha value is -2.14. The summed E-state index contributed by atoms with van der Waals surface area (Å²) in [7, 11) is 0. The molecular weight excluding hydrogens is 344 g/mol. The van der Waals surface area contributed by atoms with Crippen molar-refractivity contribution in [3.8, 4) is 6.07 Å². The Bertz CT molecular complexity index is 713. The first-order chi connectivity index (χ1) is 13.2. The van der Waals surface area contributed by atoms with Crippen LogP contribution in [0.25, 0.3) is 0 Å². The molecule has 0 N–H and O–H groups in total. The molecule has 3 saturated heterocycles. The molecule has 1 aromatic carbocycles. The van der Waals surface area contributed by atoms with Crippen LogP contribution in [0.4, 0.5) is 4.79 Å². The fraction of sp³-hybridized carbons (Fsp3) is 0.600. The van der Waals surface area contributed by atoms with Gasteiger partial charge in [-0.3, -0.25) is 9.80 Å². The fourth-order valence-electron chi connectivity index (χ4n) is 4.25. The molecule has 4 rings (SSSR count). The van der Waals surface area contributed by atoms with Crippen molar-refractivity contribution in [2.45, 2.75) is 25.1 Å². The van der Waals surface area contributed by atoms with Gasteiger partial charge in [0.25, 0.3) is 0 Å². The van der Waals surface area contributed by atoms with Crippen molar-refractivity contribution < 1.29 is 14.3 Å². The van der Waals surface area contributed by atoms with E-state index in [0.29, 0.717) is 5.56 Å². The Morgan fingerprint density at radius 3 is 2.81 bits per heavy atom. The molecule has 3 fully saturated rings. The number of amides is 1. The maximum absolute atomic E-state index is 12.2. The zero-order valence-corrected chi connectivity index (χ0v) is 15.5. The number of carbonyl (C=O) groups is 1. The molecule has 0 radical (unpaired) electrons. The number of carbonyl (C=O) groups excluding carboxylic acids is 1. The lowest BCUT2D eigenvalue weighted by molar-refractivity contribution is 0.0362. The zero-order chi connectivity index (χ0) is 18.6. The summed E-state index contributed by atoms with van der Waals surface area (Å²) >= 11 is 0. The maximum Gasteiger partial charge on any atom is 0.410 e. The number of likely N-dealkylation sites (tertiary alicyclic amines) is 1. The summed E-state index contributed by atoms with van der Waals surface area (Å²) in [6.45, 7) is 7.67. The van der Waals surface area contributed by atoms with Gasteiger partial charge >= 0.3 is 6.09 Å². The smallest absolute Gasteiger partial charge is 0.410 e. The van der Waals surface area contributed by atoms with E-state index in [1.807, 2.05) is 29.2 Å². The number of nitrogens with zero attached hydrogens (tertiary/aromatic N) is 4. The predicted molar refractivity (Wildman–Crippen MR) is 99.1 cm³/mol. The Balaban J connectivity index is 1.29. The van der Waals surface area contributed by atoms with Crippen molar-refractivity contribution in [3.05, 3.63) is 35.4 Å². The minimum atomic E-state index is -0.168. The average Bonchev–Trinajstić information content (AvgIpc) is 3.20. The second-order valence-corrected chi connectivity index (χ2v) is 7.50. The second-order valence-electron chi connectivity index (χ2n) is 7.50. The van der Waals surface area contributed by atoms with Gasteiger partial charge in [0.05, 0.1) is 30.9 Å². The van der Waals surface area contributed by atoms with Crippen LogP contribution in [0.1, 0.15) is 17.5 Å². The van der Waals surface area contributed by atoms with Gasteiger partial charge in [-0.2, -0.15) is 5.26 Å². The number of benzene rings is 1. The number of nitriles is 1. The van der Waals surface area contributed by atoms with E-state index in [2.05, 4.69) is 15.9 Å². The molecule has 144 valence electrons. The van der Waals surface area contributed by atoms with Gasteiger partial charge in [0, 0.05) is 45.8 Å². The van der Waals surface area contributed by atoms with Crippen LogP contribution >= 0.6 is 0 Å². The standard InChI is InChI=1S/C20H26N4O3/c21-12-16-3-1-4-17(11-16)13-23-14-18-19(15-23)27-20(25)24(18)6-2-5-22-7-9-26-10-8-22/h1,3-4,11,18-19H,2,5-10,13-15H2/t18-,19+/m0/s1. The SMILES string of the molecule is N#Cc1cccc(CN2C[C@H]3OC(=O)N(CCCN4CCOCC4)[C@H]3C2)c1. The third kappa shape index (κ3) is 4.24. The van der Waals surface area contributed by atoms with Crippen molar-refractivity contribution in [2.75, 3.05) is 52.5 Å². The van der Waals surface area contributed by atoms with E-state index in [9.17, 15) is 4.79 Å². The first-order valence-electron chi connectivity index (χ1n) is 9.72. The molecule has 3 heterocycles. The Labute approximate surface area is 160 Å². The van der Waals surface area contributed by atoms with Crippen molar-refractivity contribution >= 4 is 6.09 Å². The molecule has 0 aromatic heterocycles. The van der Waals surface area contributed by atoms with Crippen LogP contribution in [0.3, 0.4) is 0 Å². The highest BCUT2D eigenvalue weighted by molar-refractivity contribution is 5.71. The topological polar surface area (TPSA) is 69.0 Å². The Kier molecular flexibility index (Phi) is 5.58. The second kappa shape index (κ2) is 8.26. The summed E-state index contributed by atoms with van der Waals surface area (Å²) in [5.41, 5.74) is 1.81. The summed E-state index contributed by atoms with van der Waals surface area (Å²) in [4.78, 5) is 18.9. The van der Waals surface area contributed by atoms with E-state index in [0.717, 1.165) is 71.0 Å². The largest absolute Gasteiger partial charge is 0.442 e. The summed E-state index contributed by atoms with van der Waals surface area (Å²) in [5, 5.41) is 9.06. The van der Waals surface area contributed by atoms with Gasteiger partial charge in [0.15, 0.2) is 0 Å². The minimum absolute atomic E-state index is 0.0416. The number of rotatable bonds is 6.